The van der Waals surface area contributed by atoms with E-state index in [1.165, 1.54) is 38.5 Å². The molecule has 0 aliphatic carbocycles. The van der Waals surface area contributed by atoms with Gasteiger partial charge >= 0.3 is 17.6 Å². The Labute approximate surface area is 319 Å². The van der Waals surface area contributed by atoms with E-state index in [9.17, 15) is 19.8 Å². The number of hydrogen-bond acceptors (Lipinski definition) is 2. The van der Waals surface area contributed by atoms with Crippen LogP contribution in [0.5, 0.6) is 0 Å². The first-order valence-corrected chi connectivity index (χ1v) is 22.9. The molecule has 0 spiro atoms. The van der Waals surface area contributed by atoms with Crippen molar-refractivity contribution in [1.82, 2.24) is 0 Å². The zero-order chi connectivity index (χ0) is 38.1. The van der Waals surface area contributed by atoms with Gasteiger partial charge in [0.05, 0.1) is 39.3 Å². The number of carboxylic acids is 2. The zero-order valence-electron chi connectivity index (χ0n) is 35.6. The molecular formula is C45H92N2O4+2. The van der Waals surface area contributed by atoms with E-state index in [2.05, 4.69) is 41.5 Å². The summed E-state index contributed by atoms with van der Waals surface area (Å²) in [5.74, 6) is -2.11. The number of hydrogen-bond donors (Lipinski definition) is 2. The summed E-state index contributed by atoms with van der Waals surface area (Å²) in [5.41, 5.74) is -1.89. The summed E-state index contributed by atoms with van der Waals surface area (Å²) in [4.78, 5) is 29.1. The van der Waals surface area contributed by atoms with Crippen LogP contribution in [-0.2, 0) is 9.59 Å². The second-order valence-corrected chi connectivity index (χ2v) is 16.4. The Morgan fingerprint density at radius 1 is 0.314 bits per heavy atom. The maximum atomic E-state index is 14.6. The maximum Gasteiger partial charge on any atom is 0.439 e. The Morgan fingerprint density at radius 2 is 0.471 bits per heavy atom. The van der Waals surface area contributed by atoms with Crippen LogP contribution in [0.2, 0.25) is 0 Å². The predicted octanol–water partition coefficient (Wildman–Crippen LogP) is 13.3. The van der Waals surface area contributed by atoms with Crippen molar-refractivity contribution >= 4 is 11.9 Å². The first kappa shape index (κ1) is 49.9. The Hall–Kier alpha value is -1.14. The lowest BCUT2D eigenvalue weighted by molar-refractivity contribution is -1.14. The number of carboxylic acid groups (broad SMARTS) is 2. The van der Waals surface area contributed by atoms with Gasteiger partial charge in [-0.1, -0.05) is 157 Å². The van der Waals surface area contributed by atoms with Crippen LogP contribution in [0, 0.1) is 0 Å². The van der Waals surface area contributed by atoms with Gasteiger partial charge in [-0.3, -0.25) is 8.97 Å². The highest BCUT2D eigenvalue weighted by Crippen LogP contribution is 2.41. The van der Waals surface area contributed by atoms with Crippen molar-refractivity contribution in [3.63, 3.8) is 0 Å². The van der Waals surface area contributed by atoms with Crippen molar-refractivity contribution in [2.24, 2.45) is 0 Å². The summed E-state index contributed by atoms with van der Waals surface area (Å²) in [7, 11) is 0. The third-order valence-electron chi connectivity index (χ3n) is 12.1. The quantitative estimate of drug-likeness (QED) is 0.0285. The number of nitrogens with zero attached hydrogens (tertiary/aromatic N) is 2. The van der Waals surface area contributed by atoms with Crippen LogP contribution < -0.4 is 0 Å². The molecule has 6 nitrogen and oxygen atoms in total. The van der Waals surface area contributed by atoms with Gasteiger partial charge in [0.2, 0.25) is 0 Å². The summed E-state index contributed by atoms with van der Waals surface area (Å²) >= 11 is 0. The van der Waals surface area contributed by atoms with Gasteiger partial charge in [0, 0.05) is 0 Å². The SMILES string of the molecule is CCCCCCC[N+](CCCCCCC)(CCCCCCC)C(C(=O)O)(C(=O)O)[N+](CCCCCCC)(CCCCCCC)CCCCCCC. The molecule has 0 heterocycles. The topological polar surface area (TPSA) is 74.6 Å². The van der Waals surface area contributed by atoms with Gasteiger partial charge in [0.25, 0.3) is 0 Å². The molecule has 0 fully saturated rings. The number of carbonyl (C=O) groups is 2. The van der Waals surface area contributed by atoms with E-state index in [1.54, 1.807) is 0 Å². The largest absolute Gasteiger partial charge is 0.471 e. The fourth-order valence-electron chi connectivity index (χ4n) is 9.10. The van der Waals surface area contributed by atoms with Crippen LogP contribution in [0.3, 0.4) is 0 Å². The second-order valence-electron chi connectivity index (χ2n) is 16.4. The molecule has 304 valence electrons. The summed E-state index contributed by atoms with van der Waals surface area (Å²) in [6.45, 7) is 17.4. The zero-order valence-corrected chi connectivity index (χ0v) is 35.6. The molecule has 0 saturated carbocycles. The Balaban J connectivity index is 7.57. The van der Waals surface area contributed by atoms with Gasteiger partial charge in [-0.05, 0) is 77.0 Å². The van der Waals surface area contributed by atoms with Crippen LogP contribution in [0.4, 0.5) is 0 Å². The highest BCUT2D eigenvalue weighted by Gasteiger charge is 2.75. The molecule has 0 aromatic rings. The Bertz CT molecular complexity index is 678. The van der Waals surface area contributed by atoms with Gasteiger partial charge in [-0.15, -0.1) is 0 Å². The molecule has 0 unspecified atom stereocenters. The second kappa shape index (κ2) is 32.3. The average molecular weight is 725 g/mol. The monoisotopic (exact) mass is 725 g/mol. The molecule has 0 aliphatic rings. The molecular weight excluding hydrogens is 633 g/mol. The number of unbranched alkanes of at least 4 members (excludes halogenated alkanes) is 24. The van der Waals surface area contributed by atoms with Gasteiger partial charge < -0.3 is 10.2 Å². The van der Waals surface area contributed by atoms with E-state index in [0.717, 1.165) is 154 Å². The van der Waals surface area contributed by atoms with Gasteiger partial charge in [-0.2, -0.15) is 0 Å². The van der Waals surface area contributed by atoms with Crippen molar-refractivity contribution in [3.05, 3.63) is 0 Å². The minimum absolute atomic E-state index is 0.237. The molecule has 0 aliphatic heterocycles. The first-order chi connectivity index (χ1) is 24.8. The fraction of sp³-hybridized carbons (Fsp3) is 0.956. The van der Waals surface area contributed by atoms with Gasteiger partial charge in [0.15, 0.2) is 0 Å². The van der Waals surface area contributed by atoms with Crippen LogP contribution in [0.1, 0.15) is 234 Å². The maximum absolute atomic E-state index is 14.6. The Morgan fingerprint density at radius 3 is 0.608 bits per heavy atom. The molecule has 0 amide bonds. The number of quaternary nitrogens is 2. The van der Waals surface area contributed by atoms with Crippen molar-refractivity contribution in [2.75, 3.05) is 39.3 Å². The third-order valence-corrected chi connectivity index (χ3v) is 12.1. The molecule has 0 rings (SSSR count). The summed E-state index contributed by atoms with van der Waals surface area (Å²) < 4.78 is 0.474. The highest BCUT2D eigenvalue weighted by atomic mass is 16.4. The summed E-state index contributed by atoms with van der Waals surface area (Å²) in [6, 6.07) is 0. The molecule has 51 heavy (non-hydrogen) atoms. The lowest BCUT2D eigenvalue weighted by atomic mass is 9.91. The molecule has 0 atom stereocenters. The van der Waals surface area contributed by atoms with Crippen LogP contribution in [0.25, 0.3) is 0 Å². The Kier molecular flexibility index (Phi) is 31.6. The van der Waals surface area contributed by atoms with E-state index < -0.39 is 17.6 Å². The normalized spacial score (nSPS) is 12.5. The highest BCUT2D eigenvalue weighted by molar-refractivity contribution is 5.99. The van der Waals surface area contributed by atoms with Crippen LogP contribution >= 0.6 is 0 Å². The molecule has 0 radical (unpaired) electrons. The van der Waals surface area contributed by atoms with Crippen LogP contribution in [0.15, 0.2) is 0 Å². The number of aliphatic carboxylic acids is 2. The van der Waals surface area contributed by atoms with Crippen molar-refractivity contribution in [2.45, 2.75) is 240 Å². The molecule has 0 saturated heterocycles. The van der Waals surface area contributed by atoms with Gasteiger partial charge in [0.1, 0.15) is 0 Å². The standard InChI is InChI=1S/C45H90N2O4/c1-7-13-19-25-31-37-46(38-32-26-20-14-8-2,39-33-27-21-15-9-3)45(43(48)49,44(50)51)47(40-34-28-22-16-10-4,41-35-29-23-17-11-5)42-36-30-24-18-12-6/h7-42H2,1-6H3/p+2. The van der Waals surface area contributed by atoms with E-state index in [4.69, 9.17) is 0 Å². The van der Waals surface area contributed by atoms with Gasteiger partial charge in [-0.25, -0.2) is 9.59 Å². The third kappa shape index (κ3) is 18.2. The van der Waals surface area contributed by atoms with E-state index in [0.29, 0.717) is 39.3 Å². The molecule has 0 aromatic heterocycles. The molecule has 0 aromatic carbocycles. The van der Waals surface area contributed by atoms with E-state index >= 15 is 0 Å². The summed E-state index contributed by atoms with van der Waals surface area (Å²) in [6.07, 6.45) is 32.7. The van der Waals surface area contributed by atoms with Crippen molar-refractivity contribution in [1.29, 1.82) is 0 Å². The molecule has 2 N–H and O–H groups in total. The summed E-state index contributed by atoms with van der Waals surface area (Å²) in [5, 5.41) is 23.8. The number of rotatable bonds is 40. The predicted molar refractivity (Wildman–Crippen MR) is 220 cm³/mol. The smallest absolute Gasteiger partial charge is 0.439 e. The molecule has 0 bridgehead atoms. The first-order valence-electron chi connectivity index (χ1n) is 22.9. The minimum atomic E-state index is -1.89. The average Bonchev–Trinajstić information content (AvgIpc) is 3.10. The van der Waals surface area contributed by atoms with Crippen molar-refractivity contribution < 1.29 is 28.8 Å². The van der Waals surface area contributed by atoms with Crippen LogP contribution in [-0.4, -0.2) is 76.0 Å². The van der Waals surface area contributed by atoms with Crippen molar-refractivity contribution in [3.8, 4) is 0 Å². The lowest BCUT2D eigenvalue weighted by Gasteiger charge is -2.57. The van der Waals surface area contributed by atoms with E-state index in [1.807, 2.05) is 0 Å². The molecule has 6 heteroatoms. The minimum Gasteiger partial charge on any atom is -0.471 e. The van der Waals surface area contributed by atoms with E-state index in [-0.39, 0.29) is 8.97 Å². The fourth-order valence-corrected chi connectivity index (χ4v) is 9.10. The lowest BCUT2D eigenvalue weighted by Crippen LogP contribution is -2.86.